The van der Waals surface area contributed by atoms with Crippen LogP contribution in [0.3, 0.4) is 0 Å². The summed E-state index contributed by atoms with van der Waals surface area (Å²) in [5.41, 5.74) is -0.541. The summed E-state index contributed by atoms with van der Waals surface area (Å²) in [6.07, 6.45) is 1.11. The number of aliphatic hydroxyl groups is 1. The first kappa shape index (κ1) is 8.02. The van der Waals surface area contributed by atoms with E-state index >= 15 is 0 Å². The lowest BCUT2D eigenvalue weighted by atomic mass is 9.88. The minimum absolute atomic E-state index is 0.316. The fourth-order valence-corrected chi connectivity index (χ4v) is 0.883. The molecule has 0 radical (unpaired) electrons. The van der Waals surface area contributed by atoms with E-state index in [4.69, 9.17) is 4.74 Å². The van der Waals surface area contributed by atoms with Crippen LogP contribution in [0.2, 0.25) is 0 Å². The monoisotopic (exact) mass is 144 g/mol. The van der Waals surface area contributed by atoms with E-state index in [9.17, 15) is 5.11 Å². The molecule has 1 heterocycles. The predicted molar refractivity (Wildman–Crippen MR) is 39.8 cm³/mol. The Hall–Kier alpha value is -0.0800. The molecule has 1 saturated heterocycles. The third kappa shape index (κ3) is 1.96. The first-order chi connectivity index (χ1) is 4.52. The van der Waals surface area contributed by atoms with E-state index < -0.39 is 5.60 Å². The van der Waals surface area contributed by atoms with Crippen LogP contribution in [0.25, 0.3) is 0 Å². The van der Waals surface area contributed by atoms with Gasteiger partial charge in [0.25, 0.3) is 0 Å². The molecular formula is C8H16O2. The standard InChI is InChI=1S/C8H16O2/c1-6(2)8(3,9)4-7-5-10-7/h6-7,9H,4-5H2,1-3H3/t7-,8-/m1/s1. The lowest BCUT2D eigenvalue weighted by Crippen LogP contribution is -2.32. The third-order valence-corrected chi connectivity index (χ3v) is 2.29. The normalized spacial score (nSPS) is 30.3. The molecule has 0 aromatic carbocycles. The Bertz CT molecular complexity index is 114. The maximum Gasteiger partial charge on any atom is 0.0837 e. The van der Waals surface area contributed by atoms with Crippen LogP contribution in [0.1, 0.15) is 27.2 Å². The molecule has 0 unspecified atom stereocenters. The molecule has 10 heavy (non-hydrogen) atoms. The van der Waals surface area contributed by atoms with Crippen molar-refractivity contribution in [3.63, 3.8) is 0 Å². The molecule has 0 aromatic heterocycles. The van der Waals surface area contributed by atoms with Gasteiger partial charge in [0.05, 0.1) is 18.3 Å². The van der Waals surface area contributed by atoms with Gasteiger partial charge in [-0.05, 0) is 12.8 Å². The lowest BCUT2D eigenvalue weighted by molar-refractivity contribution is -0.000837. The molecule has 0 amide bonds. The molecule has 0 bridgehead atoms. The summed E-state index contributed by atoms with van der Waals surface area (Å²) in [6, 6.07) is 0. The van der Waals surface area contributed by atoms with Crippen molar-refractivity contribution in [2.75, 3.05) is 6.61 Å². The fourth-order valence-electron chi connectivity index (χ4n) is 0.883. The minimum atomic E-state index is -0.541. The van der Waals surface area contributed by atoms with Crippen LogP contribution in [-0.4, -0.2) is 23.4 Å². The zero-order valence-electron chi connectivity index (χ0n) is 6.92. The molecule has 2 heteroatoms. The number of hydrogen-bond acceptors (Lipinski definition) is 2. The van der Waals surface area contributed by atoms with Gasteiger partial charge in [0.2, 0.25) is 0 Å². The molecule has 2 atom stereocenters. The van der Waals surface area contributed by atoms with Gasteiger partial charge in [0.15, 0.2) is 0 Å². The maximum atomic E-state index is 9.72. The summed E-state index contributed by atoms with van der Waals surface area (Å²) < 4.78 is 5.03. The molecule has 0 aliphatic carbocycles. The van der Waals surface area contributed by atoms with Crippen molar-refractivity contribution in [3.05, 3.63) is 0 Å². The Kier molecular flexibility index (Phi) is 2.02. The van der Waals surface area contributed by atoms with Crippen molar-refractivity contribution in [1.29, 1.82) is 0 Å². The predicted octanol–water partition coefficient (Wildman–Crippen LogP) is 1.18. The molecule has 0 aromatic rings. The molecule has 60 valence electrons. The summed E-state index contributed by atoms with van der Waals surface area (Å²) in [4.78, 5) is 0. The number of rotatable bonds is 3. The van der Waals surface area contributed by atoms with Crippen LogP contribution >= 0.6 is 0 Å². The van der Waals surface area contributed by atoms with Crippen molar-refractivity contribution in [1.82, 2.24) is 0 Å². The van der Waals surface area contributed by atoms with E-state index in [1.165, 1.54) is 0 Å². The summed E-state index contributed by atoms with van der Waals surface area (Å²) >= 11 is 0. The summed E-state index contributed by atoms with van der Waals surface area (Å²) in [5, 5.41) is 9.72. The Morgan fingerprint density at radius 1 is 1.70 bits per heavy atom. The van der Waals surface area contributed by atoms with E-state index in [0.717, 1.165) is 13.0 Å². The minimum Gasteiger partial charge on any atom is -0.390 e. The largest absolute Gasteiger partial charge is 0.390 e. The summed E-state index contributed by atoms with van der Waals surface area (Å²) in [5.74, 6) is 0.316. The van der Waals surface area contributed by atoms with Crippen molar-refractivity contribution >= 4 is 0 Å². The van der Waals surface area contributed by atoms with Gasteiger partial charge in [-0.1, -0.05) is 13.8 Å². The van der Waals surface area contributed by atoms with Crippen LogP contribution < -0.4 is 0 Å². The Labute approximate surface area is 62.2 Å². The van der Waals surface area contributed by atoms with Gasteiger partial charge in [-0.15, -0.1) is 0 Å². The molecule has 0 saturated carbocycles. The van der Waals surface area contributed by atoms with Gasteiger partial charge in [-0.3, -0.25) is 0 Å². The Morgan fingerprint density at radius 3 is 2.50 bits per heavy atom. The highest BCUT2D eigenvalue weighted by Crippen LogP contribution is 2.27. The highest BCUT2D eigenvalue weighted by molar-refractivity contribution is 4.84. The van der Waals surface area contributed by atoms with Gasteiger partial charge < -0.3 is 9.84 Å². The highest BCUT2D eigenvalue weighted by atomic mass is 16.6. The zero-order valence-corrected chi connectivity index (χ0v) is 6.92. The van der Waals surface area contributed by atoms with Crippen molar-refractivity contribution < 1.29 is 9.84 Å². The van der Waals surface area contributed by atoms with Gasteiger partial charge in [-0.2, -0.15) is 0 Å². The first-order valence-electron chi connectivity index (χ1n) is 3.86. The van der Waals surface area contributed by atoms with E-state index in [2.05, 4.69) is 0 Å². The van der Waals surface area contributed by atoms with E-state index in [1.54, 1.807) is 0 Å². The van der Waals surface area contributed by atoms with E-state index in [-0.39, 0.29) is 0 Å². The number of ether oxygens (including phenoxy) is 1. The SMILES string of the molecule is CC(C)[C@](C)(O)C[C@@H]1CO1. The molecule has 1 aliphatic heterocycles. The number of epoxide rings is 1. The highest BCUT2D eigenvalue weighted by Gasteiger charge is 2.34. The third-order valence-electron chi connectivity index (χ3n) is 2.29. The van der Waals surface area contributed by atoms with Gasteiger partial charge in [-0.25, -0.2) is 0 Å². The first-order valence-corrected chi connectivity index (χ1v) is 3.86. The Balaban J connectivity index is 2.33. The van der Waals surface area contributed by atoms with Crippen LogP contribution in [0.15, 0.2) is 0 Å². The van der Waals surface area contributed by atoms with Crippen LogP contribution in [0.4, 0.5) is 0 Å². The Morgan fingerprint density at radius 2 is 2.20 bits per heavy atom. The summed E-state index contributed by atoms with van der Waals surface area (Å²) in [6.45, 7) is 6.77. The second-order valence-corrected chi connectivity index (χ2v) is 3.67. The smallest absolute Gasteiger partial charge is 0.0837 e. The average Bonchev–Trinajstić information content (AvgIpc) is 2.48. The lowest BCUT2D eigenvalue weighted by Gasteiger charge is -2.26. The van der Waals surface area contributed by atoms with Crippen LogP contribution in [0.5, 0.6) is 0 Å². The second-order valence-electron chi connectivity index (χ2n) is 3.67. The van der Waals surface area contributed by atoms with Gasteiger partial charge in [0.1, 0.15) is 0 Å². The quantitative estimate of drug-likeness (QED) is 0.603. The van der Waals surface area contributed by atoms with Gasteiger partial charge in [0, 0.05) is 6.42 Å². The molecule has 1 aliphatic rings. The van der Waals surface area contributed by atoms with Crippen molar-refractivity contribution in [2.24, 2.45) is 5.92 Å². The average molecular weight is 144 g/mol. The topological polar surface area (TPSA) is 32.8 Å². The van der Waals surface area contributed by atoms with E-state index in [1.807, 2.05) is 20.8 Å². The molecule has 1 rings (SSSR count). The second kappa shape index (κ2) is 2.51. The van der Waals surface area contributed by atoms with Gasteiger partial charge >= 0.3 is 0 Å². The molecular weight excluding hydrogens is 128 g/mol. The van der Waals surface area contributed by atoms with E-state index in [0.29, 0.717) is 12.0 Å². The fraction of sp³-hybridized carbons (Fsp3) is 1.00. The van der Waals surface area contributed by atoms with Crippen LogP contribution in [0, 0.1) is 5.92 Å². The number of hydrogen-bond donors (Lipinski definition) is 1. The maximum absolute atomic E-state index is 9.72. The summed E-state index contributed by atoms with van der Waals surface area (Å²) in [7, 11) is 0. The molecule has 1 fully saturated rings. The van der Waals surface area contributed by atoms with Crippen molar-refractivity contribution in [2.45, 2.75) is 38.9 Å². The van der Waals surface area contributed by atoms with Crippen molar-refractivity contribution in [3.8, 4) is 0 Å². The molecule has 0 spiro atoms. The van der Waals surface area contributed by atoms with Crippen LogP contribution in [-0.2, 0) is 4.74 Å². The molecule has 2 nitrogen and oxygen atoms in total. The zero-order chi connectivity index (χ0) is 7.78. The molecule has 1 N–H and O–H groups in total.